The fourth-order valence-electron chi connectivity index (χ4n) is 1.44. The molecule has 0 radical (unpaired) electrons. The Kier molecular flexibility index (Phi) is 4.12. The summed E-state index contributed by atoms with van der Waals surface area (Å²) in [7, 11) is 0. The molecular formula is C12H14BrN3S. The van der Waals surface area contributed by atoms with Crippen LogP contribution in [0.1, 0.15) is 18.9 Å². The molecule has 1 aromatic heterocycles. The van der Waals surface area contributed by atoms with Crippen LogP contribution in [-0.4, -0.2) is 15.9 Å². The zero-order valence-corrected chi connectivity index (χ0v) is 12.2. The van der Waals surface area contributed by atoms with E-state index in [1.165, 1.54) is 17.1 Å². The fourth-order valence-corrected chi connectivity index (χ4v) is 2.71. The van der Waals surface area contributed by atoms with Crippen LogP contribution < -0.4 is 5.32 Å². The van der Waals surface area contributed by atoms with Gasteiger partial charge in [-0.3, -0.25) is 0 Å². The number of hydrogen-bond donors (Lipinski definition) is 1. The van der Waals surface area contributed by atoms with E-state index in [-0.39, 0.29) is 0 Å². The lowest BCUT2D eigenvalue weighted by Gasteiger charge is -2.01. The summed E-state index contributed by atoms with van der Waals surface area (Å²) in [6.45, 7) is 5.13. The van der Waals surface area contributed by atoms with Crippen LogP contribution in [0.4, 0.5) is 5.13 Å². The van der Waals surface area contributed by atoms with E-state index in [9.17, 15) is 0 Å². The smallest absolute Gasteiger partial charge is 0.202 e. The van der Waals surface area contributed by atoms with Crippen LogP contribution in [0.5, 0.6) is 0 Å². The van der Waals surface area contributed by atoms with Gasteiger partial charge in [-0.05, 0) is 31.0 Å². The average molecular weight is 312 g/mol. The summed E-state index contributed by atoms with van der Waals surface area (Å²) >= 11 is 4.95. The highest BCUT2D eigenvalue weighted by Gasteiger charge is 2.09. The normalized spacial score (nSPS) is 10.5. The predicted molar refractivity (Wildman–Crippen MR) is 76.6 cm³/mol. The van der Waals surface area contributed by atoms with Gasteiger partial charge >= 0.3 is 0 Å². The Morgan fingerprint density at radius 2 is 2.24 bits per heavy atom. The summed E-state index contributed by atoms with van der Waals surface area (Å²) in [5, 5.41) is 4.13. The van der Waals surface area contributed by atoms with E-state index in [1.807, 2.05) is 6.07 Å². The first kappa shape index (κ1) is 12.5. The third kappa shape index (κ3) is 3.04. The first-order chi connectivity index (χ1) is 8.20. The third-order valence-corrected chi connectivity index (χ3v) is 3.65. The minimum Gasteiger partial charge on any atom is -0.360 e. The Bertz CT molecular complexity index is 510. The number of hydrogen-bond acceptors (Lipinski definition) is 4. The molecule has 90 valence electrons. The van der Waals surface area contributed by atoms with Crippen LogP contribution in [0.3, 0.4) is 0 Å². The van der Waals surface area contributed by atoms with Crippen molar-refractivity contribution in [2.24, 2.45) is 0 Å². The molecule has 0 amide bonds. The summed E-state index contributed by atoms with van der Waals surface area (Å²) in [6.07, 6.45) is 1.09. The molecule has 0 aliphatic carbocycles. The van der Waals surface area contributed by atoms with Crippen LogP contribution in [0.15, 0.2) is 22.7 Å². The highest BCUT2D eigenvalue weighted by Crippen LogP contribution is 2.28. The molecule has 0 saturated heterocycles. The van der Waals surface area contributed by atoms with E-state index < -0.39 is 0 Å². The second kappa shape index (κ2) is 5.60. The number of benzene rings is 1. The maximum Gasteiger partial charge on any atom is 0.202 e. The van der Waals surface area contributed by atoms with Crippen LogP contribution in [0.2, 0.25) is 0 Å². The molecule has 2 rings (SSSR count). The molecule has 0 bridgehead atoms. The van der Waals surface area contributed by atoms with Gasteiger partial charge in [-0.15, -0.1) is 0 Å². The number of halogens is 1. The second-order valence-electron chi connectivity index (χ2n) is 3.83. The van der Waals surface area contributed by atoms with E-state index in [0.29, 0.717) is 0 Å². The first-order valence-corrected chi connectivity index (χ1v) is 7.11. The Balaban J connectivity index is 2.24. The molecule has 1 heterocycles. The molecule has 1 N–H and O–H groups in total. The molecule has 1 aromatic carbocycles. The maximum atomic E-state index is 4.47. The van der Waals surface area contributed by atoms with E-state index >= 15 is 0 Å². The topological polar surface area (TPSA) is 37.8 Å². The number of aromatic nitrogens is 2. The van der Waals surface area contributed by atoms with Crippen molar-refractivity contribution in [1.29, 1.82) is 0 Å². The van der Waals surface area contributed by atoms with Gasteiger partial charge in [0.25, 0.3) is 0 Å². The summed E-state index contributed by atoms with van der Waals surface area (Å²) < 4.78 is 5.41. The minimum atomic E-state index is 0.778. The number of anilines is 1. The molecule has 5 heteroatoms. The largest absolute Gasteiger partial charge is 0.360 e. The van der Waals surface area contributed by atoms with Gasteiger partial charge in [0.1, 0.15) is 0 Å². The van der Waals surface area contributed by atoms with Crippen molar-refractivity contribution < 1.29 is 0 Å². The second-order valence-corrected chi connectivity index (χ2v) is 5.44. The van der Waals surface area contributed by atoms with Crippen molar-refractivity contribution in [3.8, 4) is 11.4 Å². The van der Waals surface area contributed by atoms with E-state index in [1.54, 1.807) is 0 Å². The fraction of sp³-hybridized carbons (Fsp3) is 0.333. The van der Waals surface area contributed by atoms with E-state index in [0.717, 1.165) is 34.0 Å². The van der Waals surface area contributed by atoms with Gasteiger partial charge in [0.2, 0.25) is 5.13 Å². The summed E-state index contributed by atoms with van der Waals surface area (Å²) in [5.74, 6) is 0.778. The SMILES string of the molecule is CCCNc1nc(-c2ccc(C)cc2Br)ns1. The first-order valence-electron chi connectivity index (χ1n) is 5.55. The summed E-state index contributed by atoms with van der Waals surface area (Å²) in [4.78, 5) is 4.47. The van der Waals surface area contributed by atoms with Crippen molar-refractivity contribution in [1.82, 2.24) is 9.36 Å². The third-order valence-electron chi connectivity index (χ3n) is 2.32. The molecule has 3 nitrogen and oxygen atoms in total. The predicted octanol–water partition coefficient (Wildman–Crippen LogP) is 4.10. The number of nitrogens with one attached hydrogen (secondary N) is 1. The number of aryl methyl sites for hydroxylation is 1. The molecule has 0 aliphatic rings. The van der Waals surface area contributed by atoms with Gasteiger partial charge in [0.05, 0.1) is 0 Å². The van der Waals surface area contributed by atoms with Gasteiger partial charge < -0.3 is 5.32 Å². The molecule has 0 spiro atoms. The van der Waals surface area contributed by atoms with Crippen molar-refractivity contribution in [3.05, 3.63) is 28.2 Å². The molecule has 0 atom stereocenters. The van der Waals surface area contributed by atoms with Crippen molar-refractivity contribution >= 4 is 32.6 Å². The Morgan fingerprint density at radius 3 is 2.94 bits per heavy atom. The molecule has 0 saturated carbocycles. The quantitative estimate of drug-likeness (QED) is 0.923. The Labute approximate surface area is 114 Å². The zero-order chi connectivity index (χ0) is 12.3. The van der Waals surface area contributed by atoms with E-state index in [2.05, 4.69) is 56.6 Å². The zero-order valence-electron chi connectivity index (χ0n) is 9.83. The van der Waals surface area contributed by atoms with Crippen molar-refractivity contribution in [2.75, 3.05) is 11.9 Å². The standard InChI is InChI=1S/C12H14BrN3S/c1-3-6-14-12-15-11(16-17-12)9-5-4-8(2)7-10(9)13/h4-5,7H,3,6H2,1-2H3,(H,14,15,16). The van der Waals surface area contributed by atoms with E-state index in [4.69, 9.17) is 0 Å². The van der Waals surface area contributed by atoms with Crippen LogP contribution in [-0.2, 0) is 0 Å². The van der Waals surface area contributed by atoms with Crippen LogP contribution in [0.25, 0.3) is 11.4 Å². The molecule has 2 aromatic rings. The minimum absolute atomic E-state index is 0.778. The average Bonchev–Trinajstić information content (AvgIpc) is 2.75. The molecule has 0 fully saturated rings. The van der Waals surface area contributed by atoms with Crippen molar-refractivity contribution in [2.45, 2.75) is 20.3 Å². The number of nitrogens with zero attached hydrogens (tertiary/aromatic N) is 2. The number of rotatable bonds is 4. The van der Waals surface area contributed by atoms with Crippen LogP contribution in [0, 0.1) is 6.92 Å². The van der Waals surface area contributed by atoms with Gasteiger partial charge in [-0.25, -0.2) is 0 Å². The summed E-state index contributed by atoms with van der Waals surface area (Å²) in [5.41, 5.74) is 2.26. The molecular weight excluding hydrogens is 298 g/mol. The van der Waals surface area contributed by atoms with Crippen molar-refractivity contribution in [3.63, 3.8) is 0 Å². The van der Waals surface area contributed by atoms with Crippen LogP contribution >= 0.6 is 27.5 Å². The highest BCUT2D eigenvalue weighted by molar-refractivity contribution is 9.10. The lowest BCUT2D eigenvalue weighted by molar-refractivity contribution is 0.976. The maximum absolute atomic E-state index is 4.47. The van der Waals surface area contributed by atoms with Gasteiger partial charge in [-0.1, -0.05) is 28.9 Å². The van der Waals surface area contributed by atoms with Gasteiger partial charge in [-0.2, -0.15) is 9.36 Å². The molecule has 0 aliphatic heterocycles. The Morgan fingerprint density at radius 1 is 1.41 bits per heavy atom. The summed E-state index contributed by atoms with van der Waals surface area (Å²) in [6, 6.07) is 6.20. The monoisotopic (exact) mass is 311 g/mol. The lowest BCUT2D eigenvalue weighted by Crippen LogP contribution is -1.98. The molecule has 0 unspecified atom stereocenters. The highest BCUT2D eigenvalue weighted by atomic mass is 79.9. The Hall–Kier alpha value is -0.940. The van der Waals surface area contributed by atoms with Gasteiger partial charge in [0.15, 0.2) is 5.82 Å². The molecule has 17 heavy (non-hydrogen) atoms. The van der Waals surface area contributed by atoms with Gasteiger partial charge in [0, 0.05) is 28.1 Å². The lowest BCUT2D eigenvalue weighted by atomic mass is 10.1.